The van der Waals surface area contributed by atoms with Gasteiger partial charge in [0.15, 0.2) is 0 Å². The third-order valence-electron chi connectivity index (χ3n) is 7.10. The summed E-state index contributed by atoms with van der Waals surface area (Å²) in [6, 6.07) is 0. The Morgan fingerprint density at radius 2 is 1.87 bits per heavy atom. The van der Waals surface area contributed by atoms with Gasteiger partial charge in [0.05, 0.1) is 6.10 Å². The quantitative estimate of drug-likeness (QED) is 0.458. The molecule has 0 radical (unpaired) electrons. The van der Waals surface area contributed by atoms with Gasteiger partial charge < -0.3 is 5.11 Å². The highest BCUT2D eigenvalue weighted by Crippen LogP contribution is 2.57. The van der Waals surface area contributed by atoms with E-state index in [0.29, 0.717) is 16.7 Å². The Hall–Kier alpha value is -1.08. The van der Waals surface area contributed by atoms with Gasteiger partial charge in [0.25, 0.3) is 0 Å². The summed E-state index contributed by atoms with van der Waals surface area (Å²) in [6.45, 7) is 20.1. The van der Waals surface area contributed by atoms with E-state index >= 15 is 0 Å². The molecule has 30 heavy (non-hydrogen) atoms. The Balaban J connectivity index is 0.000000575. The molecule has 170 valence electrons. The van der Waals surface area contributed by atoms with Crippen molar-refractivity contribution in [3.05, 3.63) is 47.1 Å². The second kappa shape index (κ2) is 10.5. The molecule has 3 unspecified atom stereocenters. The second-order valence-electron chi connectivity index (χ2n) is 11.8. The first-order valence-electron chi connectivity index (χ1n) is 12.4. The summed E-state index contributed by atoms with van der Waals surface area (Å²) < 4.78 is 0. The first kappa shape index (κ1) is 25.2. The van der Waals surface area contributed by atoms with E-state index in [-0.39, 0.29) is 6.10 Å². The van der Waals surface area contributed by atoms with Crippen molar-refractivity contribution in [2.45, 2.75) is 112 Å². The molecule has 0 bridgehead atoms. The molecular formula is C29H48O. The van der Waals surface area contributed by atoms with Crippen LogP contribution in [0.15, 0.2) is 47.1 Å². The molecule has 2 fully saturated rings. The third kappa shape index (κ3) is 6.46. The number of allylic oxidation sites excluding steroid dienone is 5. The maximum absolute atomic E-state index is 10.1. The van der Waals surface area contributed by atoms with Gasteiger partial charge in [-0.3, -0.25) is 0 Å². The van der Waals surface area contributed by atoms with Crippen LogP contribution in [0, 0.1) is 22.7 Å². The maximum atomic E-state index is 10.1. The smallest absolute Gasteiger partial charge is 0.0787 e. The highest BCUT2D eigenvalue weighted by atomic mass is 16.3. The minimum atomic E-state index is -0.329. The minimum absolute atomic E-state index is 0.329. The van der Waals surface area contributed by atoms with Gasteiger partial charge in [-0.25, -0.2) is 0 Å². The van der Waals surface area contributed by atoms with E-state index in [9.17, 15) is 5.11 Å². The Morgan fingerprint density at radius 3 is 2.50 bits per heavy atom. The Bertz CT molecular complexity index is 678. The summed E-state index contributed by atoms with van der Waals surface area (Å²) >= 11 is 0. The van der Waals surface area contributed by atoms with Crippen LogP contribution in [0.1, 0.15) is 106 Å². The van der Waals surface area contributed by atoms with Crippen molar-refractivity contribution in [3.8, 4) is 0 Å². The lowest BCUT2D eigenvalue weighted by atomic mass is 9.62. The van der Waals surface area contributed by atoms with Gasteiger partial charge >= 0.3 is 0 Å². The van der Waals surface area contributed by atoms with Gasteiger partial charge in [0, 0.05) is 0 Å². The Kier molecular flexibility index (Phi) is 8.80. The van der Waals surface area contributed by atoms with Crippen LogP contribution in [-0.4, -0.2) is 11.2 Å². The summed E-state index contributed by atoms with van der Waals surface area (Å²) in [5, 5.41) is 10.1. The molecular weight excluding hydrogens is 364 g/mol. The molecule has 0 saturated heterocycles. The van der Waals surface area contributed by atoms with Crippen molar-refractivity contribution < 1.29 is 5.11 Å². The van der Waals surface area contributed by atoms with Crippen LogP contribution < -0.4 is 0 Å². The maximum Gasteiger partial charge on any atom is 0.0787 e. The first-order valence-corrected chi connectivity index (χ1v) is 12.4. The molecule has 0 aromatic heterocycles. The zero-order valence-electron chi connectivity index (χ0n) is 21.0. The fraction of sp³-hybridized carbons (Fsp3) is 0.724. The van der Waals surface area contributed by atoms with Crippen LogP contribution in [0.4, 0.5) is 0 Å². The molecule has 2 saturated carbocycles. The molecule has 0 aliphatic heterocycles. The van der Waals surface area contributed by atoms with Gasteiger partial charge in [-0.15, -0.1) is 0 Å². The van der Waals surface area contributed by atoms with Crippen LogP contribution >= 0.6 is 0 Å². The van der Waals surface area contributed by atoms with Crippen molar-refractivity contribution in [1.82, 2.24) is 0 Å². The predicted molar refractivity (Wildman–Crippen MR) is 133 cm³/mol. The average molecular weight is 413 g/mol. The van der Waals surface area contributed by atoms with E-state index in [0.717, 1.165) is 30.8 Å². The van der Waals surface area contributed by atoms with Crippen LogP contribution in [0.25, 0.3) is 0 Å². The van der Waals surface area contributed by atoms with Gasteiger partial charge in [0.1, 0.15) is 0 Å². The zero-order valence-corrected chi connectivity index (χ0v) is 21.0. The molecule has 0 heterocycles. The molecule has 3 rings (SSSR count). The van der Waals surface area contributed by atoms with E-state index in [2.05, 4.69) is 73.3 Å². The number of fused-ring (bicyclic) bond motifs is 1. The monoisotopic (exact) mass is 412 g/mol. The van der Waals surface area contributed by atoms with E-state index in [1.807, 2.05) is 0 Å². The molecule has 0 aromatic carbocycles. The van der Waals surface area contributed by atoms with E-state index in [1.54, 1.807) is 11.1 Å². The average Bonchev–Trinajstić information content (AvgIpc) is 2.99. The molecule has 4 atom stereocenters. The topological polar surface area (TPSA) is 20.2 Å². The predicted octanol–water partition coefficient (Wildman–Crippen LogP) is 8.57. The highest BCUT2D eigenvalue weighted by molar-refractivity contribution is 5.39. The lowest BCUT2D eigenvalue weighted by Crippen LogP contribution is -2.32. The second-order valence-corrected chi connectivity index (χ2v) is 11.8. The van der Waals surface area contributed by atoms with E-state index < -0.39 is 0 Å². The normalized spacial score (nSPS) is 33.1. The van der Waals surface area contributed by atoms with Crippen LogP contribution in [0.3, 0.4) is 0 Å². The number of rotatable bonds is 4. The standard InChI is InChI=1S/C24H36O.C5H12/c1-5-8-17(2)21-14-15-22-20(10-7-16-24(21,22)4)13-12-19-9-6-11-23(25)18(19)3;1-5(2,3)4/h12-14,17,22-23,25H,3,5-11,15-16H2,1-2,4H3;1-4H3/b19-12-,20-13+;/t17-,22?,23?,24?;/m1./s1. The largest absolute Gasteiger partial charge is 0.388 e. The number of aliphatic hydroxyl groups is 1. The molecule has 0 spiro atoms. The minimum Gasteiger partial charge on any atom is -0.388 e. The van der Waals surface area contributed by atoms with Crippen molar-refractivity contribution in [2.75, 3.05) is 0 Å². The van der Waals surface area contributed by atoms with Gasteiger partial charge in [-0.1, -0.05) is 90.8 Å². The van der Waals surface area contributed by atoms with Gasteiger partial charge in [0.2, 0.25) is 0 Å². The molecule has 1 nitrogen and oxygen atoms in total. The molecule has 1 heteroatoms. The fourth-order valence-electron chi connectivity index (χ4n) is 5.64. The lowest BCUT2D eigenvalue weighted by Gasteiger charge is -2.42. The fourth-order valence-corrected chi connectivity index (χ4v) is 5.64. The number of hydrogen-bond donors (Lipinski definition) is 1. The van der Waals surface area contributed by atoms with Crippen LogP contribution in [0.5, 0.6) is 0 Å². The first-order chi connectivity index (χ1) is 14.0. The van der Waals surface area contributed by atoms with Crippen LogP contribution in [-0.2, 0) is 0 Å². The molecule has 0 aromatic rings. The van der Waals surface area contributed by atoms with Crippen LogP contribution in [0.2, 0.25) is 0 Å². The molecule has 3 aliphatic rings. The van der Waals surface area contributed by atoms with Gasteiger partial charge in [-0.05, 0) is 85.2 Å². The van der Waals surface area contributed by atoms with Crippen molar-refractivity contribution >= 4 is 0 Å². The summed E-state index contributed by atoms with van der Waals surface area (Å²) in [4.78, 5) is 0. The molecule has 3 aliphatic carbocycles. The Morgan fingerprint density at radius 1 is 1.20 bits per heavy atom. The van der Waals surface area contributed by atoms with Crippen molar-refractivity contribution in [3.63, 3.8) is 0 Å². The third-order valence-corrected chi connectivity index (χ3v) is 7.10. The van der Waals surface area contributed by atoms with Crippen molar-refractivity contribution in [2.24, 2.45) is 22.7 Å². The summed E-state index contributed by atoms with van der Waals surface area (Å²) in [7, 11) is 0. The number of hydrogen-bond acceptors (Lipinski definition) is 1. The number of aliphatic hydroxyl groups excluding tert-OH is 1. The summed E-state index contributed by atoms with van der Waals surface area (Å²) in [5.74, 6) is 1.42. The van der Waals surface area contributed by atoms with E-state index in [4.69, 9.17) is 0 Å². The molecule has 1 N–H and O–H groups in total. The lowest BCUT2D eigenvalue weighted by molar-refractivity contribution is 0.191. The van der Waals surface area contributed by atoms with E-state index in [1.165, 1.54) is 44.1 Å². The SMILES string of the molecule is C=C1/C(=C\C=C2/CCCC3(C)C([C@H](C)CCC)=CCC23)CCCC1O.CC(C)(C)C. The molecule has 0 amide bonds. The summed E-state index contributed by atoms with van der Waals surface area (Å²) in [6.07, 6.45) is 17.6. The van der Waals surface area contributed by atoms with Crippen molar-refractivity contribution in [1.29, 1.82) is 0 Å². The summed E-state index contributed by atoms with van der Waals surface area (Å²) in [5.41, 5.74) is 6.45. The van der Waals surface area contributed by atoms with Gasteiger partial charge in [-0.2, -0.15) is 0 Å². The zero-order chi connectivity index (χ0) is 22.5. The Labute approximate surface area is 187 Å². The highest BCUT2D eigenvalue weighted by Gasteiger charge is 2.45.